The second-order valence-electron chi connectivity index (χ2n) is 5.47. The van der Waals surface area contributed by atoms with Crippen molar-refractivity contribution in [1.29, 1.82) is 0 Å². The molecule has 0 bridgehead atoms. The van der Waals surface area contributed by atoms with Crippen LogP contribution in [0.25, 0.3) is 5.65 Å². The van der Waals surface area contributed by atoms with E-state index < -0.39 is 0 Å². The second kappa shape index (κ2) is 8.06. The number of amides is 1. The van der Waals surface area contributed by atoms with Crippen LogP contribution < -0.4 is 5.32 Å². The summed E-state index contributed by atoms with van der Waals surface area (Å²) < 4.78 is 15.0. The van der Waals surface area contributed by atoms with Crippen molar-refractivity contribution in [3.63, 3.8) is 0 Å². The molecule has 0 saturated heterocycles. The highest BCUT2D eigenvalue weighted by atomic mass is 19.1. The average Bonchev–Trinajstić information content (AvgIpc) is 2.92. The number of nitrogens with zero attached hydrogens (tertiary/aromatic N) is 3. The molecule has 2 aromatic rings. The van der Waals surface area contributed by atoms with Gasteiger partial charge in [-0.1, -0.05) is 20.8 Å². The van der Waals surface area contributed by atoms with Crippen molar-refractivity contribution >= 4 is 11.6 Å². The van der Waals surface area contributed by atoms with E-state index >= 15 is 0 Å². The predicted octanol–water partition coefficient (Wildman–Crippen LogP) is 2.50. The maximum atomic E-state index is 13.5. The molecule has 5 nitrogen and oxygen atoms in total. The first-order valence-electron chi connectivity index (χ1n) is 8.27. The number of carbonyl (C=O) groups excluding carboxylic acids is 1. The van der Waals surface area contributed by atoms with Gasteiger partial charge in [0.2, 0.25) is 0 Å². The van der Waals surface area contributed by atoms with E-state index in [9.17, 15) is 9.18 Å². The number of pyridine rings is 1. The van der Waals surface area contributed by atoms with Crippen LogP contribution in [0, 0.1) is 5.82 Å². The van der Waals surface area contributed by atoms with E-state index in [0.717, 1.165) is 26.1 Å². The van der Waals surface area contributed by atoms with E-state index in [1.807, 2.05) is 6.92 Å². The normalized spacial score (nSPS) is 11.3. The summed E-state index contributed by atoms with van der Waals surface area (Å²) in [6, 6.07) is 2.94. The Morgan fingerprint density at radius 1 is 1.30 bits per heavy atom. The van der Waals surface area contributed by atoms with Gasteiger partial charge < -0.3 is 10.2 Å². The maximum absolute atomic E-state index is 13.5. The zero-order chi connectivity index (χ0) is 16.8. The van der Waals surface area contributed by atoms with Crippen LogP contribution in [0.3, 0.4) is 0 Å². The Hall–Kier alpha value is -1.95. The number of aryl methyl sites for hydroxylation is 1. The number of imidazole rings is 1. The number of hydrogen-bond donors (Lipinski definition) is 1. The summed E-state index contributed by atoms with van der Waals surface area (Å²) in [6.07, 6.45) is 2.83. The molecule has 1 amide bonds. The fourth-order valence-electron chi connectivity index (χ4n) is 2.68. The van der Waals surface area contributed by atoms with Crippen LogP contribution in [0.4, 0.5) is 4.39 Å². The fraction of sp³-hybridized carbons (Fsp3) is 0.529. The molecule has 0 unspecified atom stereocenters. The molecule has 0 atom stereocenters. The number of nitrogens with one attached hydrogen (secondary N) is 1. The first-order valence-corrected chi connectivity index (χ1v) is 8.27. The van der Waals surface area contributed by atoms with Gasteiger partial charge in [0, 0.05) is 12.7 Å². The number of rotatable bonds is 8. The van der Waals surface area contributed by atoms with Gasteiger partial charge in [0.25, 0.3) is 5.91 Å². The Morgan fingerprint density at radius 2 is 2.04 bits per heavy atom. The van der Waals surface area contributed by atoms with Crippen LogP contribution in [0.5, 0.6) is 0 Å². The van der Waals surface area contributed by atoms with E-state index in [2.05, 4.69) is 29.0 Å². The first kappa shape index (κ1) is 17.4. The maximum Gasteiger partial charge on any atom is 0.270 e. The van der Waals surface area contributed by atoms with Gasteiger partial charge in [-0.05, 0) is 44.6 Å². The average molecular weight is 320 g/mol. The van der Waals surface area contributed by atoms with Crippen LogP contribution in [-0.2, 0) is 6.42 Å². The molecule has 1 N–H and O–H groups in total. The van der Waals surface area contributed by atoms with E-state index in [1.54, 1.807) is 6.07 Å². The Kier molecular flexibility index (Phi) is 6.10. The lowest BCUT2D eigenvalue weighted by Crippen LogP contribution is -2.30. The molecule has 6 heteroatoms. The van der Waals surface area contributed by atoms with Gasteiger partial charge in [0.1, 0.15) is 17.2 Å². The van der Waals surface area contributed by atoms with Crippen molar-refractivity contribution in [3.05, 3.63) is 35.5 Å². The Morgan fingerprint density at radius 3 is 2.70 bits per heavy atom. The quantitative estimate of drug-likeness (QED) is 0.760. The van der Waals surface area contributed by atoms with Crippen molar-refractivity contribution < 1.29 is 9.18 Å². The largest absolute Gasteiger partial charge is 0.351 e. The number of hydrogen-bond acceptors (Lipinski definition) is 3. The summed E-state index contributed by atoms with van der Waals surface area (Å²) in [5, 5.41) is 2.93. The van der Waals surface area contributed by atoms with Crippen LogP contribution in [-0.4, -0.2) is 46.4 Å². The Bertz CT molecular complexity index is 664. The lowest BCUT2D eigenvalue weighted by molar-refractivity contribution is 0.0945. The van der Waals surface area contributed by atoms with Gasteiger partial charge in [-0.15, -0.1) is 0 Å². The van der Waals surface area contributed by atoms with Gasteiger partial charge in [0.15, 0.2) is 0 Å². The summed E-state index contributed by atoms with van der Waals surface area (Å²) in [4.78, 5) is 19.2. The van der Waals surface area contributed by atoms with Crippen LogP contribution in [0.1, 0.15) is 43.4 Å². The first-order chi connectivity index (χ1) is 11.1. The molecule has 0 aliphatic heterocycles. The molecule has 0 aliphatic carbocycles. The monoisotopic (exact) mass is 320 g/mol. The highest BCUT2D eigenvalue weighted by molar-refractivity contribution is 5.94. The molecule has 2 rings (SSSR count). The van der Waals surface area contributed by atoms with Gasteiger partial charge >= 0.3 is 0 Å². The molecule has 0 aromatic carbocycles. The van der Waals surface area contributed by atoms with E-state index in [4.69, 9.17) is 0 Å². The topological polar surface area (TPSA) is 49.6 Å². The molecular weight excluding hydrogens is 295 g/mol. The van der Waals surface area contributed by atoms with Crippen molar-refractivity contribution in [2.24, 2.45) is 0 Å². The van der Waals surface area contributed by atoms with Crippen molar-refractivity contribution in [2.45, 2.75) is 33.6 Å². The fourth-order valence-corrected chi connectivity index (χ4v) is 2.68. The number of carbonyl (C=O) groups is 1. The third-order valence-corrected chi connectivity index (χ3v) is 4.04. The SMILES string of the molecule is CCc1nc2ccc(F)cn2c1C(=O)NCCCN(CC)CC. The minimum Gasteiger partial charge on any atom is -0.351 e. The van der Waals surface area contributed by atoms with Gasteiger partial charge in [-0.25, -0.2) is 9.37 Å². The van der Waals surface area contributed by atoms with Crippen molar-refractivity contribution in [3.8, 4) is 0 Å². The van der Waals surface area contributed by atoms with Gasteiger partial charge in [-0.2, -0.15) is 0 Å². The third-order valence-electron chi connectivity index (χ3n) is 4.04. The zero-order valence-electron chi connectivity index (χ0n) is 14.1. The number of halogens is 1. The molecule has 0 spiro atoms. The summed E-state index contributed by atoms with van der Waals surface area (Å²) in [5.74, 6) is -0.576. The minimum atomic E-state index is -0.381. The zero-order valence-corrected chi connectivity index (χ0v) is 14.1. The van der Waals surface area contributed by atoms with Crippen LogP contribution >= 0.6 is 0 Å². The summed E-state index contributed by atoms with van der Waals surface area (Å²) >= 11 is 0. The lowest BCUT2D eigenvalue weighted by atomic mass is 10.2. The second-order valence-corrected chi connectivity index (χ2v) is 5.47. The van der Waals surface area contributed by atoms with E-state index in [-0.39, 0.29) is 11.7 Å². The Balaban J connectivity index is 2.07. The number of fused-ring (bicyclic) bond motifs is 1. The molecule has 2 aromatic heterocycles. The van der Waals surface area contributed by atoms with Crippen LogP contribution in [0.15, 0.2) is 18.3 Å². The van der Waals surface area contributed by atoms with Crippen molar-refractivity contribution in [1.82, 2.24) is 19.6 Å². The van der Waals surface area contributed by atoms with Crippen molar-refractivity contribution in [2.75, 3.05) is 26.2 Å². The molecule has 0 fully saturated rings. The molecule has 0 saturated carbocycles. The predicted molar refractivity (Wildman–Crippen MR) is 89.3 cm³/mol. The number of aromatic nitrogens is 2. The molecule has 0 radical (unpaired) electrons. The summed E-state index contributed by atoms with van der Waals surface area (Å²) in [7, 11) is 0. The standard InChI is InChI=1S/C17H25FN4O/c1-4-14-16(22-12-13(18)8-9-15(22)20-14)17(23)19-10-7-11-21(5-2)6-3/h8-9,12H,4-7,10-11H2,1-3H3,(H,19,23). The summed E-state index contributed by atoms with van der Waals surface area (Å²) in [5.41, 5.74) is 1.72. The van der Waals surface area contributed by atoms with E-state index in [1.165, 1.54) is 16.7 Å². The third kappa shape index (κ3) is 4.07. The molecule has 2 heterocycles. The highest BCUT2D eigenvalue weighted by Gasteiger charge is 2.18. The van der Waals surface area contributed by atoms with Gasteiger partial charge in [0.05, 0.1) is 5.69 Å². The molecule has 23 heavy (non-hydrogen) atoms. The molecule has 0 aliphatic rings. The minimum absolute atomic E-state index is 0.195. The molecular formula is C17H25FN4O. The van der Waals surface area contributed by atoms with E-state index in [0.29, 0.717) is 30.0 Å². The Labute approximate surface area is 136 Å². The highest BCUT2D eigenvalue weighted by Crippen LogP contribution is 2.14. The van der Waals surface area contributed by atoms with Gasteiger partial charge in [-0.3, -0.25) is 9.20 Å². The lowest BCUT2D eigenvalue weighted by Gasteiger charge is -2.17. The smallest absolute Gasteiger partial charge is 0.270 e. The molecule has 126 valence electrons. The summed E-state index contributed by atoms with van der Waals surface area (Å²) in [6.45, 7) is 9.77. The van der Waals surface area contributed by atoms with Crippen LogP contribution in [0.2, 0.25) is 0 Å².